The van der Waals surface area contributed by atoms with Crippen molar-refractivity contribution in [3.63, 3.8) is 0 Å². The standard InChI is InChI=1S/C18H21N3O5/c1-10(2)15-14(11(3)21-26-15)18(24)25-12(4)16(22)19-20-17(23)13-8-6-5-7-9-13/h5-10,12H,1-4H3,(H,19,22)(H,20,23)/t12-/m0/s1. The molecule has 138 valence electrons. The van der Waals surface area contributed by atoms with Crippen molar-refractivity contribution in [3.8, 4) is 0 Å². The largest absolute Gasteiger partial charge is 0.449 e. The van der Waals surface area contributed by atoms with Crippen LogP contribution < -0.4 is 10.9 Å². The van der Waals surface area contributed by atoms with E-state index in [0.29, 0.717) is 17.0 Å². The Morgan fingerprint density at radius 3 is 2.35 bits per heavy atom. The predicted molar refractivity (Wildman–Crippen MR) is 92.3 cm³/mol. The zero-order valence-corrected chi connectivity index (χ0v) is 15.0. The van der Waals surface area contributed by atoms with Gasteiger partial charge in [0.05, 0.1) is 5.69 Å². The number of carbonyl (C=O) groups is 3. The van der Waals surface area contributed by atoms with Crippen LogP contribution in [0.15, 0.2) is 34.9 Å². The molecule has 2 rings (SSSR count). The fourth-order valence-electron chi connectivity index (χ4n) is 2.18. The molecule has 0 radical (unpaired) electrons. The molecule has 0 bridgehead atoms. The molecular formula is C18H21N3O5. The number of rotatable bonds is 5. The van der Waals surface area contributed by atoms with Gasteiger partial charge in [0, 0.05) is 11.5 Å². The SMILES string of the molecule is Cc1noc(C(C)C)c1C(=O)O[C@@H](C)C(=O)NNC(=O)c1ccccc1. The number of amides is 2. The molecule has 0 aliphatic carbocycles. The van der Waals surface area contributed by atoms with E-state index >= 15 is 0 Å². The van der Waals surface area contributed by atoms with Crippen LogP contribution in [0.3, 0.4) is 0 Å². The molecule has 0 saturated heterocycles. The molecule has 1 aromatic carbocycles. The van der Waals surface area contributed by atoms with E-state index in [2.05, 4.69) is 16.0 Å². The molecule has 0 saturated carbocycles. The van der Waals surface area contributed by atoms with Gasteiger partial charge in [-0.1, -0.05) is 37.2 Å². The number of aromatic nitrogens is 1. The lowest BCUT2D eigenvalue weighted by atomic mass is 10.1. The van der Waals surface area contributed by atoms with Crippen molar-refractivity contribution in [2.75, 3.05) is 0 Å². The van der Waals surface area contributed by atoms with Gasteiger partial charge in [0.25, 0.3) is 11.8 Å². The molecule has 1 atom stereocenters. The van der Waals surface area contributed by atoms with Gasteiger partial charge in [-0.2, -0.15) is 0 Å². The molecule has 2 amide bonds. The second kappa shape index (κ2) is 8.28. The number of nitrogens with zero attached hydrogens (tertiary/aromatic N) is 1. The van der Waals surface area contributed by atoms with Crippen molar-refractivity contribution in [2.24, 2.45) is 0 Å². The number of ether oxygens (including phenoxy) is 1. The van der Waals surface area contributed by atoms with E-state index in [1.165, 1.54) is 6.92 Å². The van der Waals surface area contributed by atoms with Crippen LogP contribution in [0.1, 0.15) is 58.9 Å². The lowest BCUT2D eigenvalue weighted by molar-refractivity contribution is -0.129. The molecule has 8 nitrogen and oxygen atoms in total. The first kappa shape index (κ1) is 19.2. The minimum Gasteiger partial charge on any atom is -0.449 e. The van der Waals surface area contributed by atoms with Crippen molar-refractivity contribution < 1.29 is 23.6 Å². The van der Waals surface area contributed by atoms with Gasteiger partial charge in [0.2, 0.25) is 0 Å². The lowest BCUT2D eigenvalue weighted by Gasteiger charge is -2.14. The van der Waals surface area contributed by atoms with Crippen LogP contribution in [0.4, 0.5) is 0 Å². The summed E-state index contributed by atoms with van der Waals surface area (Å²) >= 11 is 0. The Morgan fingerprint density at radius 1 is 1.08 bits per heavy atom. The molecule has 2 N–H and O–H groups in total. The summed E-state index contributed by atoms with van der Waals surface area (Å²) in [7, 11) is 0. The Balaban J connectivity index is 1.94. The van der Waals surface area contributed by atoms with E-state index in [0.717, 1.165) is 0 Å². The highest BCUT2D eigenvalue weighted by Crippen LogP contribution is 2.23. The number of nitrogens with one attached hydrogen (secondary N) is 2. The van der Waals surface area contributed by atoms with E-state index in [1.807, 2.05) is 13.8 Å². The molecular weight excluding hydrogens is 338 g/mol. The van der Waals surface area contributed by atoms with Crippen LogP contribution >= 0.6 is 0 Å². The second-order valence-electron chi connectivity index (χ2n) is 6.02. The zero-order valence-electron chi connectivity index (χ0n) is 15.0. The van der Waals surface area contributed by atoms with Gasteiger partial charge in [-0.15, -0.1) is 0 Å². The molecule has 26 heavy (non-hydrogen) atoms. The van der Waals surface area contributed by atoms with E-state index in [4.69, 9.17) is 9.26 Å². The quantitative estimate of drug-likeness (QED) is 0.625. The summed E-state index contributed by atoms with van der Waals surface area (Å²) in [5, 5.41) is 3.77. The first-order chi connectivity index (χ1) is 12.3. The van der Waals surface area contributed by atoms with Crippen LogP contribution in [0.5, 0.6) is 0 Å². The van der Waals surface area contributed by atoms with E-state index in [9.17, 15) is 14.4 Å². The summed E-state index contributed by atoms with van der Waals surface area (Å²) < 4.78 is 10.3. The fourth-order valence-corrected chi connectivity index (χ4v) is 2.18. The Kier molecular flexibility index (Phi) is 6.11. The molecule has 1 heterocycles. The summed E-state index contributed by atoms with van der Waals surface area (Å²) in [5.74, 6) is -1.51. The maximum atomic E-state index is 12.3. The maximum Gasteiger partial charge on any atom is 0.344 e. The number of esters is 1. The highest BCUT2D eigenvalue weighted by Gasteiger charge is 2.27. The first-order valence-electron chi connectivity index (χ1n) is 8.13. The number of aryl methyl sites for hydroxylation is 1. The molecule has 0 aliphatic heterocycles. The van der Waals surface area contributed by atoms with Gasteiger partial charge in [0.15, 0.2) is 11.9 Å². The smallest absolute Gasteiger partial charge is 0.344 e. The Hall–Kier alpha value is -3.16. The Morgan fingerprint density at radius 2 is 1.73 bits per heavy atom. The summed E-state index contributed by atoms with van der Waals surface area (Å²) in [6, 6.07) is 8.39. The molecule has 1 aromatic heterocycles. The van der Waals surface area contributed by atoms with E-state index in [-0.39, 0.29) is 11.5 Å². The highest BCUT2D eigenvalue weighted by atomic mass is 16.5. The van der Waals surface area contributed by atoms with Crippen LogP contribution in [-0.2, 0) is 9.53 Å². The number of carbonyl (C=O) groups excluding carboxylic acids is 3. The molecule has 0 unspecified atom stereocenters. The van der Waals surface area contributed by atoms with Gasteiger partial charge in [-0.3, -0.25) is 20.4 Å². The van der Waals surface area contributed by atoms with Gasteiger partial charge in [-0.25, -0.2) is 4.79 Å². The Bertz CT molecular complexity index is 798. The molecule has 8 heteroatoms. The van der Waals surface area contributed by atoms with Crippen LogP contribution in [0.25, 0.3) is 0 Å². The minimum atomic E-state index is -1.12. The van der Waals surface area contributed by atoms with Crippen molar-refractivity contribution >= 4 is 17.8 Å². The molecule has 0 fully saturated rings. The normalized spacial score (nSPS) is 11.7. The fraction of sp³-hybridized carbons (Fsp3) is 0.333. The van der Waals surface area contributed by atoms with E-state index in [1.54, 1.807) is 37.3 Å². The van der Waals surface area contributed by atoms with Crippen molar-refractivity contribution in [1.29, 1.82) is 0 Å². The predicted octanol–water partition coefficient (Wildman–Crippen LogP) is 2.11. The minimum absolute atomic E-state index is 0.0620. The summed E-state index contributed by atoms with van der Waals surface area (Å²) in [6.45, 7) is 6.73. The van der Waals surface area contributed by atoms with Crippen molar-refractivity contribution in [2.45, 2.75) is 39.7 Å². The van der Waals surface area contributed by atoms with Gasteiger partial charge < -0.3 is 9.26 Å². The Labute approximate surface area is 150 Å². The van der Waals surface area contributed by atoms with Crippen LogP contribution in [0, 0.1) is 6.92 Å². The molecule has 0 aliphatic rings. The van der Waals surface area contributed by atoms with Gasteiger partial charge in [0.1, 0.15) is 5.56 Å². The second-order valence-corrected chi connectivity index (χ2v) is 6.02. The zero-order chi connectivity index (χ0) is 19.3. The third kappa shape index (κ3) is 4.47. The van der Waals surface area contributed by atoms with Crippen LogP contribution in [0.2, 0.25) is 0 Å². The number of hydrazine groups is 1. The maximum absolute atomic E-state index is 12.3. The average molecular weight is 359 g/mol. The summed E-state index contributed by atoms with van der Waals surface area (Å²) in [4.78, 5) is 36.3. The summed E-state index contributed by atoms with van der Waals surface area (Å²) in [5.41, 5.74) is 5.49. The number of benzene rings is 1. The molecule has 2 aromatic rings. The summed E-state index contributed by atoms with van der Waals surface area (Å²) in [6.07, 6.45) is -1.12. The monoisotopic (exact) mass is 359 g/mol. The average Bonchev–Trinajstić information content (AvgIpc) is 3.01. The third-order valence-electron chi connectivity index (χ3n) is 3.61. The topological polar surface area (TPSA) is 111 Å². The lowest BCUT2D eigenvalue weighted by Crippen LogP contribution is -2.46. The number of hydrogen-bond donors (Lipinski definition) is 2. The molecule has 0 spiro atoms. The van der Waals surface area contributed by atoms with E-state index < -0.39 is 23.9 Å². The van der Waals surface area contributed by atoms with Crippen LogP contribution in [-0.4, -0.2) is 29.0 Å². The van der Waals surface area contributed by atoms with Crippen molar-refractivity contribution in [1.82, 2.24) is 16.0 Å². The third-order valence-corrected chi connectivity index (χ3v) is 3.61. The highest BCUT2D eigenvalue weighted by molar-refractivity contribution is 5.97. The van der Waals surface area contributed by atoms with Crippen molar-refractivity contribution in [3.05, 3.63) is 52.9 Å². The van der Waals surface area contributed by atoms with Gasteiger partial charge in [-0.05, 0) is 26.0 Å². The first-order valence-corrected chi connectivity index (χ1v) is 8.13. The number of hydrogen-bond acceptors (Lipinski definition) is 6. The van der Waals surface area contributed by atoms with Gasteiger partial charge >= 0.3 is 5.97 Å².